The standard InChI is InChI=1S/C30H31F4N5O3/c1-3-41-28-21(5-4-10-35-28)23-7-9-25(26(37-23)27(40)36-19-14-38(2)15-19)42-20-12-29(13-20)16-39(17-29)24-8-6-18(31)11-22(24)30(32,33)34/h4-11,19-20H,3,12-17H2,1-2H3,(H,36,40). The van der Waals surface area contributed by atoms with Crippen LogP contribution in [0.4, 0.5) is 23.2 Å². The van der Waals surface area contributed by atoms with E-state index in [0.717, 1.165) is 19.2 Å². The maximum atomic E-state index is 13.5. The molecule has 3 aromatic rings. The molecular formula is C30H31F4N5O3. The van der Waals surface area contributed by atoms with Gasteiger partial charge in [0.2, 0.25) is 5.88 Å². The predicted molar refractivity (Wildman–Crippen MR) is 147 cm³/mol. The Labute approximate surface area is 240 Å². The summed E-state index contributed by atoms with van der Waals surface area (Å²) in [5, 5.41) is 3.02. The van der Waals surface area contributed by atoms with Gasteiger partial charge in [-0.1, -0.05) is 0 Å². The third-order valence-electron chi connectivity index (χ3n) is 8.07. The fraction of sp³-hybridized carbons (Fsp3) is 0.433. The van der Waals surface area contributed by atoms with Crippen LogP contribution >= 0.6 is 0 Å². The highest BCUT2D eigenvalue weighted by molar-refractivity contribution is 5.96. The molecular weight excluding hydrogens is 554 g/mol. The second-order valence-electron chi connectivity index (χ2n) is 11.4. The fourth-order valence-electron chi connectivity index (χ4n) is 6.11. The Morgan fingerprint density at radius 3 is 2.60 bits per heavy atom. The van der Waals surface area contributed by atoms with Gasteiger partial charge in [-0.15, -0.1) is 0 Å². The van der Waals surface area contributed by atoms with E-state index in [0.29, 0.717) is 61.5 Å². The van der Waals surface area contributed by atoms with Crippen LogP contribution in [0.15, 0.2) is 48.7 Å². The van der Waals surface area contributed by atoms with E-state index in [2.05, 4.69) is 20.2 Å². The lowest BCUT2D eigenvalue weighted by Gasteiger charge is -2.59. The average molecular weight is 586 g/mol. The number of rotatable bonds is 8. The number of hydrogen-bond acceptors (Lipinski definition) is 7. The van der Waals surface area contributed by atoms with Gasteiger partial charge in [-0.3, -0.25) is 4.79 Å². The van der Waals surface area contributed by atoms with Gasteiger partial charge in [0.25, 0.3) is 5.91 Å². The van der Waals surface area contributed by atoms with Gasteiger partial charge in [0, 0.05) is 43.5 Å². The summed E-state index contributed by atoms with van der Waals surface area (Å²) >= 11 is 0. The van der Waals surface area contributed by atoms with Crippen LogP contribution in [0.25, 0.3) is 11.3 Å². The SMILES string of the molecule is CCOc1ncccc1-c1ccc(OC2CC3(C2)CN(c2ccc(F)cc2C(F)(F)F)C3)c(C(=O)NC2CN(C)C2)n1. The zero-order chi connectivity index (χ0) is 29.6. The summed E-state index contributed by atoms with van der Waals surface area (Å²) in [4.78, 5) is 26.0. The number of alkyl halides is 3. The van der Waals surface area contributed by atoms with Gasteiger partial charge in [-0.05, 0) is 69.3 Å². The third kappa shape index (κ3) is 5.47. The highest BCUT2D eigenvalue weighted by atomic mass is 19.4. The molecule has 6 rings (SSSR count). The van der Waals surface area contributed by atoms with E-state index >= 15 is 0 Å². The first-order valence-corrected chi connectivity index (χ1v) is 13.9. The average Bonchev–Trinajstić information content (AvgIpc) is 2.89. The molecule has 222 valence electrons. The summed E-state index contributed by atoms with van der Waals surface area (Å²) in [6.45, 7) is 4.60. The van der Waals surface area contributed by atoms with Crippen molar-refractivity contribution >= 4 is 11.6 Å². The van der Waals surface area contributed by atoms with Crippen molar-refractivity contribution in [1.82, 2.24) is 20.2 Å². The Bertz CT molecular complexity index is 1480. The summed E-state index contributed by atoms with van der Waals surface area (Å²) in [7, 11) is 1.97. The number of anilines is 1. The second-order valence-corrected chi connectivity index (χ2v) is 11.4. The monoisotopic (exact) mass is 585 g/mol. The lowest BCUT2D eigenvalue weighted by molar-refractivity contribution is -0.137. The van der Waals surface area contributed by atoms with Crippen LogP contribution in [0.3, 0.4) is 0 Å². The summed E-state index contributed by atoms with van der Waals surface area (Å²) in [6.07, 6.45) is -1.98. The molecule has 3 aliphatic rings. The Morgan fingerprint density at radius 2 is 1.90 bits per heavy atom. The molecule has 0 radical (unpaired) electrons. The molecule has 1 saturated carbocycles. The predicted octanol–water partition coefficient (Wildman–Crippen LogP) is 4.79. The number of benzene rings is 1. The number of aromatic nitrogens is 2. The van der Waals surface area contributed by atoms with Gasteiger partial charge in [-0.2, -0.15) is 13.2 Å². The van der Waals surface area contributed by atoms with Gasteiger partial charge in [-0.25, -0.2) is 14.4 Å². The van der Waals surface area contributed by atoms with E-state index in [-0.39, 0.29) is 34.8 Å². The van der Waals surface area contributed by atoms with E-state index < -0.39 is 17.6 Å². The van der Waals surface area contributed by atoms with Crippen LogP contribution < -0.4 is 19.7 Å². The molecule has 1 spiro atoms. The number of pyridine rings is 2. The lowest BCUT2D eigenvalue weighted by atomic mass is 9.61. The lowest BCUT2D eigenvalue weighted by Crippen LogP contribution is -2.65. The van der Waals surface area contributed by atoms with Crippen LogP contribution in [-0.2, 0) is 6.18 Å². The fourth-order valence-corrected chi connectivity index (χ4v) is 6.11. The van der Waals surface area contributed by atoms with Crippen molar-refractivity contribution in [2.45, 2.75) is 38.1 Å². The van der Waals surface area contributed by atoms with Gasteiger partial charge in [0.15, 0.2) is 11.4 Å². The Balaban J connectivity index is 1.17. The molecule has 1 amide bonds. The van der Waals surface area contributed by atoms with Crippen molar-refractivity contribution in [3.63, 3.8) is 0 Å². The quantitative estimate of drug-likeness (QED) is 0.381. The van der Waals surface area contributed by atoms with Crippen molar-refractivity contribution in [3.05, 3.63) is 65.7 Å². The molecule has 2 saturated heterocycles. The number of hydrogen-bond donors (Lipinski definition) is 1. The molecule has 4 heterocycles. The number of carbonyl (C=O) groups is 1. The highest BCUT2D eigenvalue weighted by Crippen LogP contribution is 2.52. The van der Waals surface area contributed by atoms with Crippen molar-refractivity contribution < 1.29 is 31.8 Å². The maximum Gasteiger partial charge on any atom is 0.418 e. The van der Waals surface area contributed by atoms with Gasteiger partial charge in [0.1, 0.15) is 11.9 Å². The molecule has 2 aliphatic heterocycles. The minimum absolute atomic E-state index is 0.0129. The molecule has 0 bridgehead atoms. The zero-order valence-corrected chi connectivity index (χ0v) is 23.2. The van der Waals surface area contributed by atoms with Crippen LogP contribution in [0.1, 0.15) is 35.8 Å². The number of amides is 1. The van der Waals surface area contributed by atoms with E-state index in [9.17, 15) is 22.4 Å². The smallest absolute Gasteiger partial charge is 0.418 e. The van der Waals surface area contributed by atoms with E-state index in [1.54, 1.807) is 29.3 Å². The maximum absolute atomic E-state index is 13.5. The van der Waals surface area contributed by atoms with Crippen LogP contribution in [0, 0.1) is 11.2 Å². The van der Waals surface area contributed by atoms with Crippen molar-refractivity contribution in [3.8, 4) is 22.9 Å². The number of nitrogens with one attached hydrogen (secondary N) is 1. The topological polar surface area (TPSA) is 79.8 Å². The number of nitrogens with zero attached hydrogens (tertiary/aromatic N) is 4. The van der Waals surface area contributed by atoms with Crippen LogP contribution in [-0.4, -0.2) is 72.8 Å². The van der Waals surface area contributed by atoms with Crippen molar-refractivity contribution in [1.29, 1.82) is 0 Å². The summed E-state index contributed by atoms with van der Waals surface area (Å²) in [6, 6.07) is 9.87. The van der Waals surface area contributed by atoms with E-state index in [1.807, 2.05) is 20.0 Å². The Hall–Kier alpha value is -3.93. The minimum Gasteiger partial charge on any atom is -0.488 e. The highest BCUT2D eigenvalue weighted by Gasteiger charge is 2.54. The molecule has 12 heteroatoms. The normalized spacial score (nSPS) is 18.7. The molecule has 8 nitrogen and oxygen atoms in total. The molecule has 0 atom stereocenters. The molecule has 1 N–H and O–H groups in total. The minimum atomic E-state index is -4.64. The van der Waals surface area contributed by atoms with E-state index in [4.69, 9.17) is 9.47 Å². The molecule has 42 heavy (non-hydrogen) atoms. The summed E-state index contributed by atoms with van der Waals surface area (Å²) < 4.78 is 66.0. The Morgan fingerprint density at radius 1 is 1.14 bits per heavy atom. The number of carbonyl (C=O) groups excluding carboxylic acids is 1. The molecule has 1 aliphatic carbocycles. The first kappa shape index (κ1) is 28.2. The van der Waals surface area contributed by atoms with Gasteiger partial charge < -0.3 is 24.6 Å². The third-order valence-corrected chi connectivity index (χ3v) is 8.07. The largest absolute Gasteiger partial charge is 0.488 e. The summed E-state index contributed by atoms with van der Waals surface area (Å²) in [5.74, 6) is -0.496. The van der Waals surface area contributed by atoms with E-state index in [1.165, 1.54) is 6.07 Å². The summed E-state index contributed by atoms with van der Waals surface area (Å²) in [5.41, 5.74) is 0.168. The molecule has 3 fully saturated rings. The van der Waals surface area contributed by atoms with Crippen molar-refractivity contribution in [2.75, 3.05) is 44.7 Å². The number of likely N-dealkylation sites (N-methyl/N-ethyl adjacent to an activating group) is 1. The Kier molecular flexibility index (Phi) is 7.20. The van der Waals surface area contributed by atoms with Crippen molar-refractivity contribution in [2.24, 2.45) is 5.41 Å². The molecule has 1 aromatic carbocycles. The second kappa shape index (κ2) is 10.7. The first-order valence-electron chi connectivity index (χ1n) is 13.9. The zero-order valence-electron chi connectivity index (χ0n) is 23.2. The number of likely N-dealkylation sites (tertiary alicyclic amines) is 1. The number of ether oxygens (including phenoxy) is 2. The van der Waals surface area contributed by atoms with Gasteiger partial charge in [0.05, 0.1) is 29.5 Å². The molecule has 2 aromatic heterocycles. The first-order chi connectivity index (χ1) is 20.0. The van der Waals surface area contributed by atoms with Crippen LogP contribution in [0.5, 0.6) is 11.6 Å². The van der Waals surface area contributed by atoms with Crippen LogP contribution in [0.2, 0.25) is 0 Å². The molecule has 0 unspecified atom stereocenters. The van der Waals surface area contributed by atoms with Gasteiger partial charge >= 0.3 is 6.18 Å². The number of halogens is 4.